The third kappa shape index (κ3) is 9.91. The van der Waals surface area contributed by atoms with Gasteiger partial charge in [0, 0.05) is 16.3 Å². The van der Waals surface area contributed by atoms with Crippen LogP contribution in [-0.2, 0) is 18.5 Å². The van der Waals surface area contributed by atoms with Crippen molar-refractivity contribution in [2.75, 3.05) is 5.73 Å². The molecule has 0 spiro atoms. The van der Waals surface area contributed by atoms with Gasteiger partial charge in [-0.05, 0) is 54.1 Å². The summed E-state index contributed by atoms with van der Waals surface area (Å²) in [7, 11) is 0. The fourth-order valence-corrected chi connectivity index (χ4v) is 3.50. The van der Waals surface area contributed by atoms with E-state index in [2.05, 4.69) is 20.3 Å². The van der Waals surface area contributed by atoms with Crippen molar-refractivity contribution in [1.29, 1.82) is 0 Å². The number of alkyl halides is 9. The van der Waals surface area contributed by atoms with Crippen LogP contribution in [-0.4, -0.2) is 15.0 Å². The third-order valence-corrected chi connectivity index (χ3v) is 5.64. The molecule has 4 aromatic rings. The molecule has 7 nitrogen and oxygen atoms in total. The van der Waals surface area contributed by atoms with Crippen LogP contribution in [0, 0.1) is 0 Å². The van der Waals surface area contributed by atoms with E-state index in [1.54, 1.807) is 0 Å². The summed E-state index contributed by atoms with van der Waals surface area (Å²) in [4.78, 5) is 2.37. The zero-order chi connectivity index (χ0) is 31.9. The number of hydrogen-bond acceptors (Lipinski definition) is 4. The molecule has 0 aliphatic carbocycles. The van der Waals surface area contributed by atoms with Crippen LogP contribution in [0.1, 0.15) is 16.7 Å². The SMILES string of the molecule is FC(F)(F)c1cc(-n2ccnn2)ccc1Cl.Nc1ccc(Cl)c(C(F)(F)F)c1.[N-]=[N+]=Nc1ccc(Cl)c(C(F)(F)F)c1. The van der Waals surface area contributed by atoms with E-state index in [1.807, 2.05) is 0 Å². The molecule has 0 fully saturated rings. The average Bonchev–Trinajstić information content (AvgIpc) is 3.41. The molecule has 1 aromatic heterocycles. The van der Waals surface area contributed by atoms with Crippen molar-refractivity contribution in [3.8, 4) is 5.69 Å². The van der Waals surface area contributed by atoms with E-state index >= 15 is 0 Å². The van der Waals surface area contributed by atoms with Crippen molar-refractivity contribution in [3.63, 3.8) is 0 Å². The maximum absolute atomic E-state index is 12.5. The summed E-state index contributed by atoms with van der Waals surface area (Å²) in [5.41, 5.74) is 10.6. The van der Waals surface area contributed by atoms with Crippen LogP contribution in [0.15, 0.2) is 72.1 Å². The molecule has 0 bridgehead atoms. The minimum absolute atomic E-state index is 0.0479. The molecule has 19 heteroatoms. The zero-order valence-corrected chi connectivity index (χ0v) is 22.4. The van der Waals surface area contributed by atoms with Crippen molar-refractivity contribution in [1.82, 2.24) is 15.0 Å². The fourth-order valence-electron chi connectivity index (χ4n) is 2.82. The second kappa shape index (κ2) is 13.9. The molecule has 1 heterocycles. The highest BCUT2D eigenvalue weighted by Crippen LogP contribution is 2.38. The summed E-state index contributed by atoms with van der Waals surface area (Å²) in [5, 5.41) is 9.06. The second-order valence-corrected chi connectivity index (χ2v) is 8.82. The number of anilines is 1. The van der Waals surface area contributed by atoms with Crippen LogP contribution < -0.4 is 5.73 Å². The van der Waals surface area contributed by atoms with Crippen LogP contribution in [0.5, 0.6) is 0 Å². The Morgan fingerprint density at radius 3 is 1.64 bits per heavy atom. The standard InChI is InChI=1S/C9H5ClF3N3.C7H3ClF3N3.C7H5ClF3N/c10-8-2-1-6(16-4-3-14-15-16)5-7(8)9(11,12)13;8-6-2-1-4(13-14-12)3-5(6)7(9,10)11;8-6-2-1-4(12)3-5(6)7(9,10)11/h1-5H;1-3H;1-3H,12H2. The fraction of sp³-hybridized carbons (Fsp3) is 0.130. The Kier molecular flexibility index (Phi) is 11.3. The van der Waals surface area contributed by atoms with Crippen LogP contribution in [0.3, 0.4) is 0 Å². The second-order valence-electron chi connectivity index (χ2n) is 7.60. The summed E-state index contributed by atoms with van der Waals surface area (Å²) in [6.45, 7) is 0. The Balaban J connectivity index is 0.000000223. The lowest BCUT2D eigenvalue weighted by Crippen LogP contribution is -2.07. The molecule has 0 unspecified atom stereocenters. The zero-order valence-electron chi connectivity index (χ0n) is 20.1. The maximum atomic E-state index is 12.5. The largest absolute Gasteiger partial charge is 0.417 e. The number of hydrogen-bond donors (Lipinski definition) is 1. The molecule has 4 rings (SSSR count). The van der Waals surface area contributed by atoms with Gasteiger partial charge in [0.1, 0.15) is 0 Å². The third-order valence-electron chi connectivity index (χ3n) is 4.65. The molecule has 2 N–H and O–H groups in total. The number of azide groups is 1. The molecule has 0 aliphatic heterocycles. The Bertz CT molecular complexity index is 1550. The molecular formula is C23H13Cl3F9N7. The van der Waals surface area contributed by atoms with E-state index in [0.717, 1.165) is 24.3 Å². The summed E-state index contributed by atoms with van der Waals surface area (Å²) < 4.78 is 112. The van der Waals surface area contributed by atoms with Gasteiger partial charge >= 0.3 is 18.5 Å². The Morgan fingerprint density at radius 1 is 0.714 bits per heavy atom. The maximum Gasteiger partial charge on any atom is 0.417 e. The van der Waals surface area contributed by atoms with E-state index < -0.39 is 40.2 Å². The number of nitrogens with two attached hydrogens (primary N) is 1. The molecule has 224 valence electrons. The van der Waals surface area contributed by atoms with Gasteiger partial charge in [0.05, 0.1) is 49.8 Å². The summed E-state index contributed by atoms with van der Waals surface area (Å²) in [5.74, 6) is 0. The van der Waals surface area contributed by atoms with Gasteiger partial charge < -0.3 is 5.73 Å². The number of rotatable bonds is 2. The van der Waals surface area contributed by atoms with Crippen molar-refractivity contribution < 1.29 is 39.5 Å². The molecular weight excluding hydrogens is 652 g/mol. The summed E-state index contributed by atoms with van der Waals surface area (Å²) >= 11 is 16.1. The Morgan fingerprint density at radius 2 is 1.19 bits per heavy atom. The highest BCUT2D eigenvalue weighted by molar-refractivity contribution is 6.32. The predicted octanol–water partition coefficient (Wildman–Crippen LogP) is 10.2. The summed E-state index contributed by atoms with van der Waals surface area (Å²) in [6, 6.07) is 9.73. The van der Waals surface area contributed by atoms with Crippen LogP contribution in [0.25, 0.3) is 16.1 Å². The van der Waals surface area contributed by atoms with Gasteiger partial charge in [0.2, 0.25) is 0 Å². The lowest BCUT2D eigenvalue weighted by atomic mass is 10.2. The lowest BCUT2D eigenvalue weighted by Gasteiger charge is -2.10. The molecule has 0 saturated carbocycles. The first-order valence-electron chi connectivity index (χ1n) is 10.6. The van der Waals surface area contributed by atoms with E-state index in [9.17, 15) is 39.5 Å². The number of benzene rings is 3. The normalized spacial score (nSPS) is 11.4. The minimum atomic E-state index is -4.54. The van der Waals surface area contributed by atoms with Gasteiger partial charge in [0.15, 0.2) is 0 Å². The molecule has 42 heavy (non-hydrogen) atoms. The van der Waals surface area contributed by atoms with E-state index in [-0.39, 0.29) is 27.1 Å². The van der Waals surface area contributed by atoms with Crippen LogP contribution in [0.4, 0.5) is 50.9 Å². The van der Waals surface area contributed by atoms with E-state index in [0.29, 0.717) is 6.07 Å². The smallest absolute Gasteiger partial charge is 0.399 e. The van der Waals surface area contributed by atoms with Crippen LogP contribution in [0.2, 0.25) is 15.1 Å². The predicted molar refractivity (Wildman–Crippen MR) is 137 cm³/mol. The molecule has 0 radical (unpaired) electrons. The van der Waals surface area contributed by atoms with Gasteiger partial charge in [-0.3, -0.25) is 0 Å². The van der Waals surface area contributed by atoms with Crippen molar-refractivity contribution in [2.45, 2.75) is 18.5 Å². The number of halogens is 12. The molecule has 0 saturated heterocycles. The first-order chi connectivity index (χ1) is 19.3. The van der Waals surface area contributed by atoms with E-state index in [1.165, 1.54) is 41.3 Å². The molecule has 0 atom stereocenters. The number of nitrogens with zero attached hydrogens (tertiary/aromatic N) is 6. The molecule has 0 aliphatic rings. The highest BCUT2D eigenvalue weighted by atomic mass is 35.5. The first kappa shape index (κ1) is 34.4. The topological polar surface area (TPSA) is 105 Å². The van der Waals surface area contributed by atoms with Gasteiger partial charge in [-0.15, -0.1) is 5.10 Å². The van der Waals surface area contributed by atoms with Crippen molar-refractivity contribution in [3.05, 3.63) is 109 Å². The summed E-state index contributed by atoms with van der Waals surface area (Å²) in [6.07, 6.45) is -10.6. The number of aromatic nitrogens is 3. The Labute approximate surface area is 244 Å². The monoisotopic (exact) mass is 663 g/mol. The number of nitrogen functional groups attached to an aromatic ring is 1. The quantitative estimate of drug-likeness (QED) is 0.0758. The van der Waals surface area contributed by atoms with Gasteiger partial charge in [-0.2, -0.15) is 39.5 Å². The molecule has 0 amide bonds. The van der Waals surface area contributed by atoms with Gasteiger partial charge in [-0.25, -0.2) is 4.68 Å². The first-order valence-corrected chi connectivity index (χ1v) is 11.8. The highest BCUT2D eigenvalue weighted by Gasteiger charge is 2.34. The van der Waals surface area contributed by atoms with Gasteiger partial charge in [-0.1, -0.05) is 51.2 Å². The van der Waals surface area contributed by atoms with Gasteiger partial charge in [0.25, 0.3) is 0 Å². The molecule has 3 aromatic carbocycles. The van der Waals surface area contributed by atoms with E-state index in [4.69, 9.17) is 46.1 Å². The van der Waals surface area contributed by atoms with Crippen LogP contribution >= 0.6 is 34.8 Å². The Hall–Kier alpha value is -3.85. The van der Waals surface area contributed by atoms with Crippen molar-refractivity contribution >= 4 is 46.2 Å². The average molecular weight is 665 g/mol. The lowest BCUT2D eigenvalue weighted by molar-refractivity contribution is -0.138. The minimum Gasteiger partial charge on any atom is -0.399 e. The van der Waals surface area contributed by atoms with Crippen molar-refractivity contribution in [2.24, 2.45) is 5.11 Å².